The summed E-state index contributed by atoms with van der Waals surface area (Å²) < 4.78 is 27.6. The highest BCUT2D eigenvalue weighted by Gasteiger charge is 2.26. The van der Waals surface area contributed by atoms with Crippen molar-refractivity contribution in [2.75, 3.05) is 13.1 Å². The molecule has 0 atom stereocenters. The molecule has 1 aliphatic heterocycles. The average molecular weight is 383 g/mol. The molecule has 1 aliphatic rings. The Morgan fingerprint density at radius 2 is 1.72 bits per heavy atom. The predicted molar refractivity (Wildman–Crippen MR) is 71.9 cm³/mol. The number of amides is 1. The van der Waals surface area contributed by atoms with Crippen LogP contribution < -0.4 is 0 Å². The van der Waals surface area contributed by atoms with E-state index in [0.29, 0.717) is 17.9 Å². The van der Waals surface area contributed by atoms with Crippen LogP contribution in [0.5, 0.6) is 0 Å². The number of hydrogen-bond donors (Lipinski definition) is 0. The molecular weight excluding hydrogens is 372 g/mol. The summed E-state index contributed by atoms with van der Waals surface area (Å²) >= 11 is 6.46. The largest absolute Gasteiger partial charge is 0.338 e. The Morgan fingerprint density at radius 3 is 2.22 bits per heavy atom. The van der Waals surface area contributed by atoms with Gasteiger partial charge in [-0.05, 0) is 25.0 Å². The Bertz CT molecular complexity index is 450. The lowest BCUT2D eigenvalue weighted by Crippen LogP contribution is -2.39. The van der Waals surface area contributed by atoms with Gasteiger partial charge in [0.15, 0.2) is 0 Å². The normalized spacial score (nSPS) is 17.0. The van der Waals surface area contributed by atoms with Gasteiger partial charge in [0.2, 0.25) is 0 Å². The minimum Gasteiger partial charge on any atom is -0.338 e. The van der Waals surface area contributed by atoms with Crippen LogP contribution in [0.2, 0.25) is 0 Å². The number of piperidine rings is 1. The summed E-state index contributed by atoms with van der Waals surface area (Å²) in [5, 5.41) is 0. The fourth-order valence-electron chi connectivity index (χ4n) is 1.96. The lowest BCUT2D eigenvalue weighted by Gasteiger charge is -2.29. The summed E-state index contributed by atoms with van der Waals surface area (Å²) in [6.45, 7) is 1.04. The van der Waals surface area contributed by atoms with Crippen LogP contribution in [0.3, 0.4) is 0 Å². The number of nitrogens with zero attached hydrogens (tertiary/aromatic N) is 1. The van der Waals surface area contributed by atoms with Crippen LogP contribution in [0.15, 0.2) is 16.6 Å². The minimum atomic E-state index is -0.826. The van der Waals surface area contributed by atoms with Crippen molar-refractivity contribution in [2.24, 2.45) is 0 Å². The van der Waals surface area contributed by atoms with Crippen LogP contribution in [0.1, 0.15) is 23.2 Å². The first kappa shape index (κ1) is 13.9. The zero-order valence-electron chi connectivity index (χ0n) is 9.43. The maximum absolute atomic E-state index is 13.7. The van der Waals surface area contributed by atoms with Crippen molar-refractivity contribution in [3.05, 3.63) is 33.8 Å². The van der Waals surface area contributed by atoms with Crippen molar-refractivity contribution in [1.82, 2.24) is 4.90 Å². The molecule has 18 heavy (non-hydrogen) atoms. The smallest absolute Gasteiger partial charge is 0.259 e. The Hall–Kier alpha value is -0.490. The number of hydrogen-bond acceptors (Lipinski definition) is 1. The third kappa shape index (κ3) is 2.91. The lowest BCUT2D eigenvalue weighted by atomic mass is 10.1. The van der Waals surface area contributed by atoms with Crippen LogP contribution in [-0.2, 0) is 0 Å². The molecule has 0 aromatic heterocycles. The molecule has 2 nitrogen and oxygen atoms in total. The Labute approximate surface area is 121 Å². The lowest BCUT2D eigenvalue weighted by molar-refractivity contribution is 0.0718. The van der Waals surface area contributed by atoms with E-state index >= 15 is 0 Å². The van der Waals surface area contributed by atoms with E-state index in [1.54, 1.807) is 0 Å². The van der Waals surface area contributed by atoms with E-state index in [2.05, 4.69) is 31.9 Å². The number of alkyl halides is 1. The second-order valence-corrected chi connectivity index (χ2v) is 6.42. The number of rotatable bonds is 1. The molecule has 1 saturated heterocycles. The highest BCUT2D eigenvalue weighted by molar-refractivity contribution is 9.10. The van der Waals surface area contributed by atoms with Gasteiger partial charge in [-0.1, -0.05) is 31.9 Å². The Morgan fingerprint density at radius 1 is 1.22 bits per heavy atom. The van der Waals surface area contributed by atoms with Gasteiger partial charge in [-0.15, -0.1) is 0 Å². The molecule has 0 N–H and O–H groups in total. The van der Waals surface area contributed by atoms with Gasteiger partial charge >= 0.3 is 0 Å². The summed E-state index contributed by atoms with van der Waals surface area (Å²) in [6.07, 6.45) is 1.59. The highest BCUT2D eigenvalue weighted by atomic mass is 79.9. The summed E-state index contributed by atoms with van der Waals surface area (Å²) in [7, 11) is 0. The van der Waals surface area contributed by atoms with Gasteiger partial charge in [-0.3, -0.25) is 4.79 Å². The van der Waals surface area contributed by atoms with Crippen molar-refractivity contribution >= 4 is 37.8 Å². The molecule has 0 spiro atoms. The highest BCUT2D eigenvalue weighted by Crippen LogP contribution is 2.23. The molecule has 1 heterocycles. The average Bonchev–Trinajstić information content (AvgIpc) is 2.28. The van der Waals surface area contributed by atoms with Crippen molar-refractivity contribution in [3.63, 3.8) is 0 Å². The van der Waals surface area contributed by atoms with E-state index < -0.39 is 23.1 Å². The number of benzene rings is 1. The quantitative estimate of drug-likeness (QED) is 0.678. The van der Waals surface area contributed by atoms with E-state index in [-0.39, 0.29) is 4.47 Å². The summed E-state index contributed by atoms with van der Waals surface area (Å²) in [5.41, 5.74) is -0.466. The van der Waals surface area contributed by atoms with Gasteiger partial charge < -0.3 is 4.90 Å². The monoisotopic (exact) mass is 381 g/mol. The summed E-state index contributed by atoms with van der Waals surface area (Å²) in [4.78, 5) is 13.9. The SMILES string of the molecule is O=C(c1c(F)cc(Br)cc1F)N1CCC(Br)CC1. The molecule has 1 amide bonds. The maximum atomic E-state index is 13.7. The van der Waals surface area contributed by atoms with Gasteiger partial charge in [-0.2, -0.15) is 0 Å². The fraction of sp³-hybridized carbons (Fsp3) is 0.417. The third-order valence-electron chi connectivity index (χ3n) is 2.93. The van der Waals surface area contributed by atoms with Crippen molar-refractivity contribution in [1.29, 1.82) is 0 Å². The van der Waals surface area contributed by atoms with E-state index in [4.69, 9.17) is 0 Å². The molecule has 1 fully saturated rings. The number of carbonyl (C=O) groups excluding carboxylic acids is 1. The minimum absolute atomic E-state index is 0.285. The van der Waals surface area contributed by atoms with E-state index in [0.717, 1.165) is 25.0 Å². The summed E-state index contributed by atoms with van der Waals surface area (Å²) in [5.74, 6) is -2.22. The fourth-order valence-corrected chi connectivity index (χ4v) is 2.77. The molecule has 1 aromatic carbocycles. The van der Waals surface area contributed by atoms with Gasteiger partial charge in [0.1, 0.15) is 17.2 Å². The molecule has 0 unspecified atom stereocenters. The van der Waals surface area contributed by atoms with E-state index in [1.165, 1.54) is 4.90 Å². The second-order valence-electron chi connectivity index (χ2n) is 4.21. The topological polar surface area (TPSA) is 20.3 Å². The van der Waals surface area contributed by atoms with Crippen molar-refractivity contribution < 1.29 is 13.6 Å². The second kappa shape index (κ2) is 5.65. The number of halogens is 4. The molecular formula is C12H11Br2F2NO. The van der Waals surface area contributed by atoms with E-state index in [9.17, 15) is 13.6 Å². The van der Waals surface area contributed by atoms with Gasteiger partial charge in [0.05, 0.1) is 0 Å². The zero-order chi connectivity index (χ0) is 13.3. The van der Waals surface area contributed by atoms with Gasteiger partial charge in [0, 0.05) is 22.4 Å². The standard InChI is InChI=1S/C12H11Br2F2NO/c13-7-1-3-17(4-2-7)12(18)11-9(15)5-8(14)6-10(11)16/h5-7H,1-4H2. The van der Waals surface area contributed by atoms with Crippen LogP contribution in [0.25, 0.3) is 0 Å². The zero-order valence-corrected chi connectivity index (χ0v) is 12.6. The number of carbonyl (C=O) groups is 1. The first-order valence-corrected chi connectivity index (χ1v) is 7.28. The molecule has 2 rings (SSSR count). The molecule has 1 aromatic rings. The molecule has 6 heteroatoms. The molecule has 0 bridgehead atoms. The predicted octanol–water partition coefficient (Wildman–Crippen LogP) is 3.73. The molecule has 98 valence electrons. The number of likely N-dealkylation sites (tertiary alicyclic amines) is 1. The maximum Gasteiger partial charge on any atom is 0.259 e. The van der Waals surface area contributed by atoms with Crippen LogP contribution >= 0.6 is 31.9 Å². The Balaban J connectivity index is 2.24. The van der Waals surface area contributed by atoms with Crippen molar-refractivity contribution in [3.8, 4) is 0 Å². The molecule has 0 saturated carbocycles. The van der Waals surface area contributed by atoms with Crippen LogP contribution in [-0.4, -0.2) is 28.7 Å². The van der Waals surface area contributed by atoms with Gasteiger partial charge in [0.25, 0.3) is 5.91 Å². The third-order valence-corrected chi connectivity index (χ3v) is 4.31. The molecule has 0 aliphatic carbocycles. The van der Waals surface area contributed by atoms with Crippen molar-refractivity contribution in [2.45, 2.75) is 17.7 Å². The van der Waals surface area contributed by atoms with Crippen LogP contribution in [0, 0.1) is 11.6 Å². The Kier molecular flexibility index (Phi) is 4.37. The van der Waals surface area contributed by atoms with Crippen LogP contribution in [0.4, 0.5) is 8.78 Å². The molecule has 0 radical (unpaired) electrons. The first-order valence-electron chi connectivity index (χ1n) is 5.57. The first-order chi connectivity index (χ1) is 8.49. The summed E-state index contributed by atoms with van der Waals surface area (Å²) in [6, 6.07) is 2.21. The van der Waals surface area contributed by atoms with Gasteiger partial charge in [-0.25, -0.2) is 8.78 Å². The van der Waals surface area contributed by atoms with E-state index in [1.807, 2.05) is 0 Å².